The van der Waals surface area contributed by atoms with Crippen molar-refractivity contribution in [2.45, 2.75) is 18.9 Å². The smallest absolute Gasteiger partial charge is 0.254 e. The molecule has 4 rings (SSSR count). The number of fused-ring (bicyclic) bond motifs is 1. The van der Waals surface area contributed by atoms with Crippen LogP contribution in [0.3, 0.4) is 0 Å². The first kappa shape index (κ1) is 14.6. The van der Waals surface area contributed by atoms with E-state index in [9.17, 15) is 9.59 Å². The summed E-state index contributed by atoms with van der Waals surface area (Å²) in [6.45, 7) is 0.115. The second kappa shape index (κ2) is 5.88. The summed E-state index contributed by atoms with van der Waals surface area (Å²) in [5.74, 6) is 0.971. The van der Waals surface area contributed by atoms with Gasteiger partial charge < -0.3 is 24.2 Å². The van der Waals surface area contributed by atoms with Gasteiger partial charge in [-0.3, -0.25) is 9.59 Å². The molecule has 0 spiro atoms. The van der Waals surface area contributed by atoms with Gasteiger partial charge in [0.2, 0.25) is 12.7 Å². The molecule has 2 amide bonds. The Morgan fingerprint density at radius 1 is 1.21 bits per heavy atom. The summed E-state index contributed by atoms with van der Waals surface area (Å²) in [5, 5.41) is 6.23. The van der Waals surface area contributed by atoms with E-state index in [4.69, 9.17) is 9.47 Å². The molecule has 8 nitrogen and oxygen atoms in total. The van der Waals surface area contributed by atoms with Crippen molar-refractivity contribution >= 4 is 17.6 Å². The average molecular weight is 329 g/mol. The van der Waals surface area contributed by atoms with Crippen molar-refractivity contribution in [2.24, 2.45) is 0 Å². The Kier molecular flexibility index (Phi) is 3.56. The highest BCUT2D eigenvalue weighted by Gasteiger charge is 2.35. The van der Waals surface area contributed by atoms with Crippen molar-refractivity contribution in [3.8, 4) is 11.5 Å². The highest BCUT2D eigenvalue weighted by molar-refractivity contribution is 5.99. The molecule has 8 heteroatoms. The van der Waals surface area contributed by atoms with Crippen LogP contribution < -0.4 is 14.8 Å². The third-order valence-corrected chi connectivity index (χ3v) is 3.89. The first-order valence-electron chi connectivity index (χ1n) is 7.61. The summed E-state index contributed by atoms with van der Waals surface area (Å²) in [6.07, 6.45) is 3.16. The van der Waals surface area contributed by atoms with Crippen molar-refractivity contribution in [2.75, 3.05) is 18.7 Å². The zero-order valence-electron chi connectivity index (χ0n) is 12.7. The molecule has 1 aromatic carbocycles. The maximum atomic E-state index is 12.8. The van der Waals surface area contributed by atoms with Crippen molar-refractivity contribution in [3.63, 3.8) is 0 Å². The van der Waals surface area contributed by atoms with Gasteiger partial charge in [0.05, 0.1) is 0 Å². The molecule has 124 valence electrons. The number of carbonyl (C=O) groups is 2. The Balaban J connectivity index is 1.48. The topological polar surface area (TPSA) is 93.9 Å². The van der Waals surface area contributed by atoms with Gasteiger partial charge >= 0.3 is 0 Å². The molecular weight excluding hydrogens is 314 g/mol. The lowest BCUT2D eigenvalue weighted by molar-refractivity contribution is -0.117. The molecule has 24 heavy (non-hydrogen) atoms. The number of benzene rings is 1. The van der Waals surface area contributed by atoms with Gasteiger partial charge in [-0.1, -0.05) is 5.16 Å². The SMILES string of the molecule is O=C(CN(C(=O)c1ccc2c(c1)OCO2)C1CC1)Nc1ccon1. The lowest BCUT2D eigenvalue weighted by Crippen LogP contribution is -2.39. The third kappa shape index (κ3) is 2.90. The molecule has 2 heterocycles. The van der Waals surface area contributed by atoms with E-state index < -0.39 is 0 Å². The summed E-state index contributed by atoms with van der Waals surface area (Å²) in [7, 11) is 0. The highest BCUT2D eigenvalue weighted by Crippen LogP contribution is 2.34. The number of nitrogens with zero attached hydrogens (tertiary/aromatic N) is 2. The quantitative estimate of drug-likeness (QED) is 0.896. The Labute approximate surface area is 137 Å². The fourth-order valence-corrected chi connectivity index (χ4v) is 2.56. The molecule has 0 unspecified atom stereocenters. The summed E-state index contributed by atoms with van der Waals surface area (Å²) >= 11 is 0. The second-order valence-electron chi connectivity index (χ2n) is 5.67. The molecule has 0 atom stereocenters. The lowest BCUT2D eigenvalue weighted by Gasteiger charge is -2.21. The normalized spacial score (nSPS) is 15.2. The molecule has 0 saturated heterocycles. The van der Waals surface area contributed by atoms with Crippen molar-refractivity contribution in [1.29, 1.82) is 0 Å². The molecule has 1 aliphatic heterocycles. The summed E-state index contributed by atoms with van der Waals surface area (Å²) < 4.78 is 15.2. The van der Waals surface area contributed by atoms with Crippen LogP contribution in [0.25, 0.3) is 0 Å². The number of hydrogen-bond acceptors (Lipinski definition) is 6. The third-order valence-electron chi connectivity index (χ3n) is 3.89. The van der Waals surface area contributed by atoms with Gasteiger partial charge in [-0.25, -0.2) is 0 Å². The molecule has 2 aromatic rings. The molecule has 0 bridgehead atoms. The Morgan fingerprint density at radius 2 is 2.04 bits per heavy atom. The van der Waals surface area contributed by atoms with Gasteiger partial charge in [0, 0.05) is 17.7 Å². The monoisotopic (exact) mass is 329 g/mol. The Morgan fingerprint density at radius 3 is 2.79 bits per heavy atom. The summed E-state index contributed by atoms with van der Waals surface area (Å²) in [6, 6.07) is 6.66. The van der Waals surface area contributed by atoms with Crippen LogP contribution in [0.4, 0.5) is 5.82 Å². The maximum Gasteiger partial charge on any atom is 0.254 e. The van der Waals surface area contributed by atoms with Crippen molar-refractivity contribution in [1.82, 2.24) is 10.1 Å². The fraction of sp³-hybridized carbons (Fsp3) is 0.312. The van der Waals surface area contributed by atoms with E-state index in [1.165, 1.54) is 6.26 Å². The van der Waals surface area contributed by atoms with E-state index in [0.717, 1.165) is 12.8 Å². The fourth-order valence-electron chi connectivity index (χ4n) is 2.56. The van der Waals surface area contributed by atoms with Gasteiger partial charge in [0.15, 0.2) is 17.3 Å². The zero-order chi connectivity index (χ0) is 16.5. The molecular formula is C16H15N3O5. The number of carbonyl (C=O) groups excluding carboxylic acids is 2. The average Bonchev–Trinajstić information content (AvgIpc) is 3.08. The van der Waals surface area contributed by atoms with Crippen LogP contribution in [0.1, 0.15) is 23.2 Å². The number of amides is 2. The van der Waals surface area contributed by atoms with E-state index in [-0.39, 0.29) is 31.2 Å². The summed E-state index contributed by atoms with van der Waals surface area (Å²) in [4.78, 5) is 26.5. The van der Waals surface area contributed by atoms with Gasteiger partial charge in [0.25, 0.3) is 5.91 Å². The van der Waals surface area contributed by atoms with Crippen LogP contribution in [0.2, 0.25) is 0 Å². The van der Waals surface area contributed by atoms with E-state index in [1.54, 1.807) is 29.2 Å². The lowest BCUT2D eigenvalue weighted by atomic mass is 10.1. The Hall–Kier alpha value is -3.03. The minimum atomic E-state index is -0.315. The number of nitrogens with one attached hydrogen (secondary N) is 1. The number of ether oxygens (including phenoxy) is 2. The first-order valence-corrected chi connectivity index (χ1v) is 7.61. The molecule has 1 aromatic heterocycles. The number of anilines is 1. The van der Waals surface area contributed by atoms with Crippen molar-refractivity contribution in [3.05, 3.63) is 36.1 Å². The molecule has 1 aliphatic carbocycles. The minimum Gasteiger partial charge on any atom is -0.454 e. The van der Waals surface area contributed by atoms with Crippen molar-refractivity contribution < 1.29 is 23.6 Å². The molecule has 1 N–H and O–H groups in total. The molecule has 1 fully saturated rings. The number of aromatic nitrogens is 1. The van der Waals surface area contributed by atoms with Crippen LogP contribution in [-0.2, 0) is 4.79 Å². The second-order valence-corrected chi connectivity index (χ2v) is 5.67. The van der Waals surface area contributed by atoms with Crippen LogP contribution in [-0.4, -0.2) is 41.3 Å². The zero-order valence-corrected chi connectivity index (χ0v) is 12.7. The first-order chi connectivity index (χ1) is 11.7. The van der Waals surface area contributed by atoms with Crippen LogP contribution in [0, 0.1) is 0 Å². The Bertz CT molecular complexity index is 770. The number of hydrogen-bond donors (Lipinski definition) is 1. The highest BCUT2D eigenvalue weighted by atomic mass is 16.7. The number of rotatable bonds is 5. The van der Waals surface area contributed by atoms with Gasteiger partial charge in [-0.05, 0) is 31.0 Å². The standard InChI is InChI=1S/C16H15N3O5/c20-15(17-14-5-6-24-18-14)8-19(11-2-3-11)16(21)10-1-4-12-13(7-10)23-9-22-12/h1,4-7,11H,2-3,8-9H2,(H,17,18,20). The van der Waals surface area contributed by atoms with Gasteiger partial charge in [0.1, 0.15) is 12.8 Å². The largest absolute Gasteiger partial charge is 0.454 e. The van der Waals surface area contributed by atoms with Crippen LogP contribution in [0.5, 0.6) is 11.5 Å². The predicted octanol–water partition coefficient (Wildman–Crippen LogP) is 1.65. The van der Waals surface area contributed by atoms with E-state index in [1.807, 2.05) is 0 Å². The van der Waals surface area contributed by atoms with E-state index in [0.29, 0.717) is 22.9 Å². The molecule has 2 aliphatic rings. The van der Waals surface area contributed by atoms with Crippen LogP contribution in [0.15, 0.2) is 35.1 Å². The van der Waals surface area contributed by atoms with E-state index >= 15 is 0 Å². The summed E-state index contributed by atoms with van der Waals surface area (Å²) in [5.41, 5.74) is 0.473. The maximum absolute atomic E-state index is 12.8. The van der Waals surface area contributed by atoms with Crippen LogP contribution >= 0.6 is 0 Å². The van der Waals surface area contributed by atoms with Gasteiger partial charge in [-0.2, -0.15) is 0 Å². The predicted molar refractivity (Wildman–Crippen MR) is 81.8 cm³/mol. The molecule has 0 radical (unpaired) electrons. The van der Waals surface area contributed by atoms with E-state index in [2.05, 4.69) is 15.0 Å². The molecule has 1 saturated carbocycles. The van der Waals surface area contributed by atoms with Gasteiger partial charge in [-0.15, -0.1) is 0 Å². The minimum absolute atomic E-state index is 0.0369.